The second-order valence-electron chi connectivity index (χ2n) is 2.65. The molecule has 0 unspecified atom stereocenters. The van der Waals surface area contributed by atoms with Crippen LogP contribution in [0.1, 0.15) is 6.42 Å². The van der Waals surface area contributed by atoms with Crippen molar-refractivity contribution in [3.05, 3.63) is 23.4 Å². The molecular weight excluding hydrogens is 255 g/mol. The quantitative estimate of drug-likeness (QED) is 0.668. The number of halogens is 2. The molecule has 0 atom stereocenters. The van der Waals surface area contributed by atoms with Crippen molar-refractivity contribution in [1.82, 2.24) is 4.90 Å². The van der Waals surface area contributed by atoms with Crippen molar-refractivity contribution in [2.75, 3.05) is 6.54 Å². The lowest BCUT2D eigenvalue weighted by molar-refractivity contribution is -0.118. The van der Waals surface area contributed by atoms with Crippen LogP contribution in [0.3, 0.4) is 0 Å². The van der Waals surface area contributed by atoms with E-state index in [2.05, 4.69) is 4.99 Å². The van der Waals surface area contributed by atoms with Crippen molar-refractivity contribution in [2.24, 2.45) is 4.99 Å². The van der Waals surface area contributed by atoms with E-state index in [-0.39, 0.29) is 22.9 Å². The van der Waals surface area contributed by atoms with Crippen molar-refractivity contribution >= 4 is 40.3 Å². The molecule has 0 bridgehead atoms. The number of rotatable bonds is 0. The smallest absolute Gasteiger partial charge is 0.249 e. The molecule has 0 aliphatic carbocycles. The first-order valence-corrected chi connectivity index (χ1v) is 4.07. The average molecular weight is 264 g/mol. The molecule has 1 amide bonds. The van der Waals surface area contributed by atoms with E-state index in [0.717, 1.165) is 0 Å². The number of amidine groups is 1. The van der Waals surface area contributed by atoms with Crippen LogP contribution in [-0.4, -0.2) is 23.2 Å². The maximum atomic E-state index is 10.9. The highest BCUT2D eigenvalue weighted by Gasteiger charge is 2.18. The number of carbonyl (C=O) groups is 1. The number of hydrogen-bond acceptors (Lipinski definition) is 2. The molecule has 0 aromatic heterocycles. The molecule has 0 aromatic carbocycles. The van der Waals surface area contributed by atoms with Gasteiger partial charge in [-0.3, -0.25) is 4.79 Å². The van der Waals surface area contributed by atoms with Gasteiger partial charge in [0, 0.05) is 19.2 Å². The van der Waals surface area contributed by atoms with E-state index in [0.29, 0.717) is 23.8 Å². The summed E-state index contributed by atoms with van der Waals surface area (Å²) in [7, 11) is 0. The minimum absolute atomic E-state index is 0. The third-order valence-electron chi connectivity index (χ3n) is 1.77. The van der Waals surface area contributed by atoms with E-state index < -0.39 is 0 Å². The third kappa shape index (κ3) is 2.19. The van der Waals surface area contributed by atoms with Gasteiger partial charge in [0.15, 0.2) is 0 Å². The molecule has 0 aromatic rings. The molecule has 70 valence electrons. The Bertz CT molecular complexity index is 322. The normalized spacial score (nSPS) is 20.1. The third-order valence-corrected chi connectivity index (χ3v) is 1.99. The fourth-order valence-corrected chi connectivity index (χ4v) is 1.37. The number of amides is 1. The van der Waals surface area contributed by atoms with Gasteiger partial charge in [-0.05, 0) is 12.2 Å². The van der Waals surface area contributed by atoms with Gasteiger partial charge in [-0.2, -0.15) is 4.99 Å². The molecule has 2 aliphatic rings. The highest BCUT2D eigenvalue weighted by Crippen LogP contribution is 2.16. The molecule has 0 fully saturated rings. The van der Waals surface area contributed by atoms with E-state index in [1.54, 1.807) is 18.4 Å². The van der Waals surface area contributed by atoms with Crippen LogP contribution >= 0.6 is 28.6 Å². The Balaban J connectivity index is 0.000000845. The first kappa shape index (κ1) is 10.5. The minimum Gasteiger partial charge on any atom is -0.331 e. The summed E-state index contributed by atoms with van der Waals surface area (Å²) in [6, 6.07) is 0. The van der Waals surface area contributed by atoms with E-state index in [9.17, 15) is 4.79 Å². The monoisotopic (exact) mass is 262 g/mol. The van der Waals surface area contributed by atoms with Crippen LogP contribution < -0.4 is 0 Å². The van der Waals surface area contributed by atoms with Gasteiger partial charge in [-0.1, -0.05) is 11.6 Å². The molecule has 0 spiro atoms. The van der Waals surface area contributed by atoms with Crippen molar-refractivity contribution < 1.29 is 4.79 Å². The molecule has 0 radical (unpaired) electrons. The summed E-state index contributed by atoms with van der Waals surface area (Å²) in [4.78, 5) is 16.6. The Morgan fingerprint density at radius 2 is 2.23 bits per heavy atom. The van der Waals surface area contributed by atoms with Crippen molar-refractivity contribution in [3.8, 4) is 0 Å². The number of fused-ring (bicyclic) bond motifs is 1. The average Bonchev–Trinajstić information content (AvgIpc) is 2.05. The molecule has 3 nitrogen and oxygen atoms in total. The van der Waals surface area contributed by atoms with E-state index >= 15 is 0 Å². The zero-order valence-corrected chi connectivity index (χ0v) is 9.20. The summed E-state index contributed by atoms with van der Waals surface area (Å²) < 4.78 is 0. The van der Waals surface area contributed by atoms with Gasteiger partial charge in [-0.15, -0.1) is 17.0 Å². The molecular formula is C8H8BrClN2O. The number of nitrogens with zero attached hydrogens (tertiary/aromatic N) is 2. The van der Waals surface area contributed by atoms with E-state index in [1.807, 2.05) is 4.90 Å². The van der Waals surface area contributed by atoms with E-state index in [1.165, 1.54) is 0 Å². The van der Waals surface area contributed by atoms with Crippen LogP contribution in [0.25, 0.3) is 0 Å². The lowest BCUT2D eigenvalue weighted by atomic mass is 10.2. The largest absolute Gasteiger partial charge is 0.331 e. The number of hydrogen-bond donors (Lipinski definition) is 0. The zero-order chi connectivity index (χ0) is 8.55. The second kappa shape index (κ2) is 4.07. The zero-order valence-electron chi connectivity index (χ0n) is 6.74. The summed E-state index contributed by atoms with van der Waals surface area (Å²) in [5, 5.41) is 0.670. The second-order valence-corrected chi connectivity index (χ2v) is 3.09. The maximum Gasteiger partial charge on any atom is 0.249 e. The summed E-state index contributed by atoms with van der Waals surface area (Å²) in [5.74, 6) is 0.632. The molecule has 2 aliphatic heterocycles. The van der Waals surface area contributed by atoms with Gasteiger partial charge < -0.3 is 4.90 Å². The molecule has 5 heteroatoms. The predicted molar refractivity (Wildman–Crippen MR) is 57.2 cm³/mol. The van der Waals surface area contributed by atoms with Crippen LogP contribution in [0.2, 0.25) is 0 Å². The van der Waals surface area contributed by atoms with Gasteiger partial charge in [-0.25, -0.2) is 0 Å². The summed E-state index contributed by atoms with van der Waals surface area (Å²) in [6.45, 7) is 0.679. The Morgan fingerprint density at radius 3 is 3.00 bits per heavy atom. The molecule has 0 N–H and O–H groups in total. The Kier molecular flexibility index (Phi) is 3.27. The number of carbonyl (C=O) groups excluding carboxylic acids is 1. The predicted octanol–water partition coefficient (Wildman–Crippen LogP) is 1.85. The van der Waals surface area contributed by atoms with Crippen LogP contribution in [0.5, 0.6) is 0 Å². The lowest BCUT2D eigenvalue weighted by Crippen LogP contribution is -2.33. The van der Waals surface area contributed by atoms with Gasteiger partial charge in [0.1, 0.15) is 5.84 Å². The Hall–Kier alpha value is -0.610. The van der Waals surface area contributed by atoms with E-state index in [4.69, 9.17) is 11.6 Å². The van der Waals surface area contributed by atoms with Crippen LogP contribution in [0.4, 0.5) is 0 Å². The van der Waals surface area contributed by atoms with Crippen molar-refractivity contribution in [3.63, 3.8) is 0 Å². The SMILES string of the molecule is Br.O=C1CCN2C=C(Cl)C=CC2=N1. The molecule has 0 saturated heterocycles. The first-order valence-electron chi connectivity index (χ1n) is 3.69. The molecule has 2 rings (SSSR count). The van der Waals surface area contributed by atoms with Gasteiger partial charge >= 0.3 is 0 Å². The molecule has 13 heavy (non-hydrogen) atoms. The van der Waals surface area contributed by atoms with Gasteiger partial charge in [0.25, 0.3) is 0 Å². The Labute approximate surface area is 91.5 Å². The minimum atomic E-state index is -0.0580. The molecule has 0 saturated carbocycles. The highest BCUT2D eigenvalue weighted by molar-refractivity contribution is 8.93. The highest BCUT2D eigenvalue weighted by atomic mass is 79.9. The van der Waals surface area contributed by atoms with Crippen molar-refractivity contribution in [1.29, 1.82) is 0 Å². The number of allylic oxidation sites excluding steroid dienone is 2. The standard InChI is InChI=1S/C8H7ClN2O.BrH/c9-6-1-2-7-10-8(12)3-4-11(7)5-6;/h1-2,5H,3-4H2;1H. The van der Waals surface area contributed by atoms with Gasteiger partial charge in [0.2, 0.25) is 5.91 Å². The number of aliphatic imine (C=N–C) groups is 1. The summed E-state index contributed by atoms with van der Waals surface area (Å²) >= 11 is 5.77. The summed E-state index contributed by atoms with van der Waals surface area (Å²) in [6.07, 6.45) is 5.74. The lowest BCUT2D eigenvalue weighted by Gasteiger charge is -2.25. The van der Waals surface area contributed by atoms with Crippen LogP contribution in [0, 0.1) is 0 Å². The fraction of sp³-hybridized carbons (Fsp3) is 0.250. The van der Waals surface area contributed by atoms with Crippen molar-refractivity contribution in [2.45, 2.75) is 6.42 Å². The first-order chi connectivity index (χ1) is 5.75. The fourth-order valence-electron chi connectivity index (χ4n) is 1.19. The van der Waals surface area contributed by atoms with Gasteiger partial charge in [0.05, 0.1) is 5.03 Å². The summed E-state index contributed by atoms with van der Waals surface area (Å²) in [5.41, 5.74) is 0. The maximum absolute atomic E-state index is 10.9. The Morgan fingerprint density at radius 1 is 1.46 bits per heavy atom. The van der Waals surface area contributed by atoms with Crippen LogP contribution in [0.15, 0.2) is 28.4 Å². The van der Waals surface area contributed by atoms with Crippen LogP contribution in [-0.2, 0) is 4.79 Å². The topological polar surface area (TPSA) is 32.7 Å². The molecule has 2 heterocycles.